The minimum atomic E-state index is -1.27. The Labute approximate surface area is 163 Å². The molecule has 1 unspecified atom stereocenters. The van der Waals surface area contributed by atoms with Crippen LogP contribution in [-0.2, 0) is 14.3 Å². The Bertz CT molecular complexity index is 899. The zero-order chi connectivity index (χ0) is 20.1. The van der Waals surface area contributed by atoms with E-state index in [2.05, 4.69) is 0 Å². The van der Waals surface area contributed by atoms with Gasteiger partial charge in [0.2, 0.25) is 0 Å². The predicted octanol–water partition coefficient (Wildman–Crippen LogP) is 2.92. The standard InChI is InChI=1S/C22H22O6/c1-15-5-3-4-6-19(15)21(25)27-14-22(13-23)12-17(20(24)28-22)11-16-7-9-18(26-2)10-8-16/h3-11,23H,12-14H2,1-2H3/b17-11+. The number of rotatable bonds is 6. The van der Waals surface area contributed by atoms with Crippen LogP contribution >= 0.6 is 0 Å². The van der Waals surface area contributed by atoms with Crippen LogP contribution in [-0.4, -0.2) is 43.0 Å². The number of aryl methyl sites for hydroxylation is 1. The number of carbonyl (C=O) groups is 2. The molecule has 6 heteroatoms. The molecule has 0 saturated carbocycles. The van der Waals surface area contributed by atoms with Gasteiger partial charge < -0.3 is 19.3 Å². The summed E-state index contributed by atoms with van der Waals surface area (Å²) in [7, 11) is 1.58. The third-order valence-electron chi connectivity index (χ3n) is 4.66. The number of aliphatic hydroxyl groups is 1. The Morgan fingerprint density at radius 3 is 2.57 bits per heavy atom. The van der Waals surface area contributed by atoms with Crippen LogP contribution in [0.25, 0.3) is 6.08 Å². The van der Waals surface area contributed by atoms with Crippen molar-refractivity contribution >= 4 is 18.0 Å². The monoisotopic (exact) mass is 382 g/mol. The number of benzene rings is 2. The van der Waals surface area contributed by atoms with Crippen molar-refractivity contribution in [3.8, 4) is 5.75 Å². The number of carbonyl (C=O) groups excluding carboxylic acids is 2. The van der Waals surface area contributed by atoms with E-state index in [1.807, 2.05) is 31.2 Å². The largest absolute Gasteiger partial charge is 0.497 e. The molecule has 1 aliphatic rings. The van der Waals surface area contributed by atoms with Crippen LogP contribution in [0, 0.1) is 6.92 Å². The zero-order valence-electron chi connectivity index (χ0n) is 15.8. The lowest BCUT2D eigenvalue weighted by Crippen LogP contribution is -2.39. The van der Waals surface area contributed by atoms with E-state index in [-0.39, 0.29) is 13.0 Å². The number of aliphatic hydroxyl groups excluding tert-OH is 1. The molecule has 0 bridgehead atoms. The summed E-state index contributed by atoms with van der Waals surface area (Å²) in [5.41, 5.74) is 1.17. The molecule has 146 valence electrons. The van der Waals surface area contributed by atoms with Gasteiger partial charge in [-0.3, -0.25) is 0 Å². The summed E-state index contributed by atoms with van der Waals surface area (Å²) >= 11 is 0. The minimum absolute atomic E-state index is 0.148. The fourth-order valence-corrected chi connectivity index (χ4v) is 3.02. The third-order valence-corrected chi connectivity index (χ3v) is 4.66. The van der Waals surface area contributed by atoms with Gasteiger partial charge in [0.1, 0.15) is 12.4 Å². The highest BCUT2D eigenvalue weighted by Crippen LogP contribution is 2.32. The van der Waals surface area contributed by atoms with Crippen molar-refractivity contribution in [2.45, 2.75) is 18.9 Å². The van der Waals surface area contributed by atoms with E-state index in [1.54, 1.807) is 37.5 Å². The summed E-state index contributed by atoms with van der Waals surface area (Å²) in [5.74, 6) is -0.338. The van der Waals surface area contributed by atoms with E-state index in [0.29, 0.717) is 16.9 Å². The van der Waals surface area contributed by atoms with Gasteiger partial charge in [-0.2, -0.15) is 0 Å². The molecule has 2 aromatic carbocycles. The van der Waals surface area contributed by atoms with Gasteiger partial charge in [0.15, 0.2) is 5.60 Å². The van der Waals surface area contributed by atoms with E-state index >= 15 is 0 Å². The van der Waals surface area contributed by atoms with Crippen LogP contribution in [0.2, 0.25) is 0 Å². The first-order valence-corrected chi connectivity index (χ1v) is 8.88. The molecule has 3 rings (SSSR count). The number of esters is 2. The molecular formula is C22H22O6. The van der Waals surface area contributed by atoms with Gasteiger partial charge in [-0.1, -0.05) is 30.3 Å². The summed E-state index contributed by atoms with van der Waals surface area (Å²) in [6.07, 6.45) is 1.85. The summed E-state index contributed by atoms with van der Waals surface area (Å²) < 4.78 is 15.8. The quantitative estimate of drug-likeness (QED) is 0.611. The highest BCUT2D eigenvalue weighted by atomic mass is 16.6. The topological polar surface area (TPSA) is 82.1 Å². The SMILES string of the molecule is COc1ccc(/C=C2\CC(CO)(COC(=O)c3ccccc3C)OC2=O)cc1. The van der Waals surface area contributed by atoms with Crippen LogP contribution in [0.5, 0.6) is 5.75 Å². The molecule has 1 saturated heterocycles. The molecule has 0 amide bonds. The van der Waals surface area contributed by atoms with Crippen LogP contribution in [0.3, 0.4) is 0 Å². The maximum absolute atomic E-state index is 12.3. The maximum atomic E-state index is 12.3. The molecule has 0 radical (unpaired) electrons. The van der Waals surface area contributed by atoms with Crippen LogP contribution < -0.4 is 4.74 Å². The molecule has 1 aliphatic heterocycles. The highest BCUT2D eigenvalue weighted by molar-refractivity contribution is 5.96. The molecule has 1 atom stereocenters. The predicted molar refractivity (Wildman–Crippen MR) is 103 cm³/mol. The lowest BCUT2D eigenvalue weighted by Gasteiger charge is -2.24. The van der Waals surface area contributed by atoms with Crippen molar-refractivity contribution in [1.82, 2.24) is 0 Å². The highest BCUT2D eigenvalue weighted by Gasteiger charge is 2.44. The molecule has 0 aliphatic carbocycles. The van der Waals surface area contributed by atoms with Gasteiger partial charge in [-0.05, 0) is 42.3 Å². The van der Waals surface area contributed by atoms with Gasteiger partial charge in [0.25, 0.3) is 0 Å². The molecule has 0 spiro atoms. The molecule has 0 aromatic heterocycles. The van der Waals surface area contributed by atoms with Gasteiger partial charge >= 0.3 is 11.9 Å². The Balaban J connectivity index is 1.71. The number of hydrogen-bond acceptors (Lipinski definition) is 6. The number of methoxy groups -OCH3 is 1. The lowest BCUT2D eigenvalue weighted by molar-refractivity contribution is -0.154. The Hall–Kier alpha value is -3.12. The smallest absolute Gasteiger partial charge is 0.338 e. The zero-order valence-corrected chi connectivity index (χ0v) is 15.8. The average Bonchev–Trinajstić information content (AvgIpc) is 3.03. The van der Waals surface area contributed by atoms with Gasteiger partial charge in [-0.15, -0.1) is 0 Å². The van der Waals surface area contributed by atoms with Crippen molar-refractivity contribution in [2.75, 3.05) is 20.3 Å². The molecular weight excluding hydrogens is 360 g/mol. The molecule has 28 heavy (non-hydrogen) atoms. The molecule has 2 aromatic rings. The van der Waals surface area contributed by atoms with Gasteiger partial charge in [0.05, 0.1) is 19.3 Å². The number of hydrogen-bond donors (Lipinski definition) is 1. The third kappa shape index (κ3) is 4.23. The maximum Gasteiger partial charge on any atom is 0.338 e. The van der Waals surface area contributed by atoms with E-state index < -0.39 is 24.1 Å². The van der Waals surface area contributed by atoms with E-state index in [1.165, 1.54) is 0 Å². The minimum Gasteiger partial charge on any atom is -0.497 e. The molecule has 1 heterocycles. The molecule has 1 fully saturated rings. The normalized spacial score (nSPS) is 20.1. The summed E-state index contributed by atoms with van der Waals surface area (Å²) in [5, 5.41) is 9.81. The van der Waals surface area contributed by atoms with Crippen LogP contribution in [0.15, 0.2) is 54.1 Å². The molecule has 6 nitrogen and oxygen atoms in total. The first-order valence-electron chi connectivity index (χ1n) is 8.88. The van der Waals surface area contributed by atoms with Gasteiger partial charge in [-0.25, -0.2) is 9.59 Å². The Kier molecular flexibility index (Phi) is 5.80. The molecule has 1 N–H and O–H groups in total. The first-order chi connectivity index (χ1) is 13.5. The fourth-order valence-electron chi connectivity index (χ4n) is 3.02. The summed E-state index contributed by atoms with van der Waals surface area (Å²) in [4.78, 5) is 24.6. The lowest BCUT2D eigenvalue weighted by atomic mass is 9.98. The second-order valence-corrected chi connectivity index (χ2v) is 6.74. The van der Waals surface area contributed by atoms with Crippen LogP contribution in [0.4, 0.5) is 0 Å². The van der Waals surface area contributed by atoms with Crippen molar-refractivity contribution in [3.63, 3.8) is 0 Å². The van der Waals surface area contributed by atoms with Crippen molar-refractivity contribution in [3.05, 3.63) is 70.8 Å². The average molecular weight is 382 g/mol. The Morgan fingerprint density at radius 1 is 1.21 bits per heavy atom. The van der Waals surface area contributed by atoms with Gasteiger partial charge in [0, 0.05) is 12.0 Å². The van der Waals surface area contributed by atoms with Crippen LogP contribution in [0.1, 0.15) is 27.9 Å². The van der Waals surface area contributed by atoms with E-state index in [9.17, 15) is 14.7 Å². The van der Waals surface area contributed by atoms with Crippen molar-refractivity contribution < 1.29 is 28.9 Å². The fraction of sp³-hybridized carbons (Fsp3) is 0.273. The summed E-state index contributed by atoms with van der Waals surface area (Å²) in [6.45, 7) is 1.14. The first kappa shape index (κ1) is 19.6. The second kappa shape index (κ2) is 8.27. The van der Waals surface area contributed by atoms with E-state index in [4.69, 9.17) is 14.2 Å². The van der Waals surface area contributed by atoms with Crippen molar-refractivity contribution in [2.24, 2.45) is 0 Å². The Morgan fingerprint density at radius 2 is 1.93 bits per heavy atom. The van der Waals surface area contributed by atoms with E-state index in [0.717, 1.165) is 11.1 Å². The van der Waals surface area contributed by atoms with Crippen molar-refractivity contribution in [1.29, 1.82) is 0 Å². The number of cyclic esters (lactones) is 1. The number of ether oxygens (including phenoxy) is 3. The second-order valence-electron chi connectivity index (χ2n) is 6.74. The summed E-state index contributed by atoms with van der Waals surface area (Å²) in [6, 6.07) is 14.3.